The van der Waals surface area contributed by atoms with Gasteiger partial charge >= 0.3 is 0 Å². The van der Waals surface area contributed by atoms with Crippen molar-refractivity contribution in [2.75, 3.05) is 53.2 Å². The van der Waals surface area contributed by atoms with Crippen LogP contribution in [0.3, 0.4) is 0 Å². The van der Waals surface area contributed by atoms with Crippen molar-refractivity contribution < 1.29 is 18.6 Å². The number of aliphatic imine (C=N–C) groups is 1. The van der Waals surface area contributed by atoms with Crippen LogP contribution >= 0.6 is 24.0 Å². The maximum atomic E-state index is 5.77. The minimum atomic E-state index is 0. The number of furan rings is 1. The first-order valence-corrected chi connectivity index (χ1v) is 11.2. The molecule has 178 valence electrons. The molecule has 0 amide bonds. The summed E-state index contributed by atoms with van der Waals surface area (Å²) in [4.78, 5) is 4.71. The second-order valence-electron chi connectivity index (χ2n) is 7.67. The molecule has 2 heterocycles. The van der Waals surface area contributed by atoms with Crippen LogP contribution in [0.4, 0.5) is 0 Å². The Morgan fingerprint density at radius 1 is 1.12 bits per heavy atom. The number of rotatable bonds is 13. The molecule has 1 unspecified atom stereocenters. The van der Waals surface area contributed by atoms with Gasteiger partial charge in [-0.1, -0.05) is 12.1 Å². The molecule has 1 fully saturated rings. The number of ether oxygens (including phenoxy) is 3. The van der Waals surface area contributed by atoms with Crippen LogP contribution in [0.15, 0.2) is 52.1 Å². The van der Waals surface area contributed by atoms with Gasteiger partial charge in [-0.2, -0.15) is 0 Å². The van der Waals surface area contributed by atoms with Gasteiger partial charge < -0.3 is 29.3 Å². The standard InChI is InChI=1S/C24H35N3O4.HI/c1-28-22-7-5-20(6-8-22)9-13-26-24(27-14-10-23-4-2-16-31-23)25-12-3-15-29-18-21-11-17-30-19-21;/h2,4-8,16,21H,3,9-15,17-19H2,1H3,(H2,25,26,27);1H. The average molecular weight is 557 g/mol. The summed E-state index contributed by atoms with van der Waals surface area (Å²) in [5.74, 6) is 3.22. The molecular weight excluding hydrogens is 521 g/mol. The van der Waals surface area contributed by atoms with Crippen LogP contribution in [0.1, 0.15) is 24.2 Å². The Kier molecular flexibility index (Phi) is 13.2. The molecule has 1 aliphatic heterocycles. The second kappa shape index (κ2) is 15.9. The van der Waals surface area contributed by atoms with Gasteiger partial charge in [0.1, 0.15) is 11.5 Å². The SMILES string of the molecule is COc1ccc(CCNC(=NCCCOCC2CCOC2)NCCc2ccco2)cc1.I. The molecule has 1 aromatic heterocycles. The van der Waals surface area contributed by atoms with E-state index in [1.165, 1.54) is 5.56 Å². The zero-order chi connectivity index (χ0) is 21.6. The van der Waals surface area contributed by atoms with Crippen LogP contribution in [-0.2, 0) is 22.3 Å². The fraction of sp³-hybridized carbons (Fsp3) is 0.542. The molecule has 0 radical (unpaired) electrons. The Bertz CT molecular complexity index is 747. The van der Waals surface area contributed by atoms with E-state index in [-0.39, 0.29) is 24.0 Å². The third-order valence-electron chi connectivity index (χ3n) is 5.20. The molecule has 1 saturated heterocycles. The quantitative estimate of drug-likeness (QED) is 0.170. The number of nitrogens with zero attached hydrogens (tertiary/aromatic N) is 1. The molecule has 0 spiro atoms. The van der Waals surface area contributed by atoms with Gasteiger partial charge in [-0.05, 0) is 49.1 Å². The number of methoxy groups -OCH3 is 1. The Morgan fingerprint density at radius 3 is 2.62 bits per heavy atom. The predicted octanol–water partition coefficient (Wildman–Crippen LogP) is 3.67. The van der Waals surface area contributed by atoms with Gasteiger partial charge in [-0.25, -0.2) is 0 Å². The summed E-state index contributed by atoms with van der Waals surface area (Å²) in [6.07, 6.45) is 5.44. The number of nitrogens with one attached hydrogen (secondary N) is 2. The van der Waals surface area contributed by atoms with Crippen LogP contribution in [0, 0.1) is 5.92 Å². The van der Waals surface area contributed by atoms with Gasteiger partial charge in [0.05, 0.1) is 26.6 Å². The fourth-order valence-corrected chi connectivity index (χ4v) is 3.37. The van der Waals surface area contributed by atoms with E-state index in [1.54, 1.807) is 13.4 Å². The highest BCUT2D eigenvalue weighted by molar-refractivity contribution is 14.0. The summed E-state index contributed by atoms with van der Waals surface area (Å²) in [5.41, 5.74) is 1.26. The molecule has 0 aliphatic carbocycles. The zero-order valence-corrected chi connectivity index (χ0v) is 21.2. The Hall–Kier alpha value is -1.78. The highest BCUT2D eigenvalue weighted by atomic mass is 127. The number of benzene rings is 1. The summed E-state index contributed by atoms with van der Waals surface area (Å²) >= 11 is 0. The number of guanidine groups is 1. The average Bonchev–Trinajstić information content (AvgIpc) is 3.50. The monoisotopic (exact) mass is 557 g/mol. The minimum Gasteiger partial charge on any atom is -0.497 e. The maximum Gasteiger partial charge on any atom is 0.191 e. The molecule has 0 bridgehead atoms. The predicted molar refractivity (Wildman–Crippen MR) is 137 cm³/mol. The van der Waals surface area contributed by atoms with Crippen LogP contribution in [-0.4, -0.2) is 59.1 Å². The summed E-state index contributed by atoms with van der Waals surface area (Å²) in [5, 5.41) is 6.83. The molecule has 1 aliphatic rings. The number of hydrogen-bond donors (Lipinski definition) is 2. The second-order valence-corrected chi connectivity index (χ2v) is 7.67. The molecule has 7 nitrogen and oxygen atoms in total. The summed E-state index contributed by atoms with van der Waals surface area (Å²) in [7, 11) is 1.68. The van der Waals surface area contributed by atoms with Crippen molar-refractivity contribution in [1.29, 1.82) is 0 Å². The topological polar surface area (TPSA) is 77.2 Å². The first kappa shape index (κ1) is 26.5. The summed E-state index contributed by atoms with van der Waals surface area (Å²) < 4.78 is 21.8. The van der Waals surface area contributed by atoms with Gasteiger partial charge in [-0.15, -0.1) is 24.0 Å². The summed E-state index contributed by atoms with van der Waals surface area (Å²) in [6.45, 7) is 5.51. The Morgan fingerprint density at radius 2 is 1.94 bits per heavy atom. The first-order chi connectivity index (χ1) is 15.3. The van der Waals surface area contributed by atoms with E-state index in [2.05, 4.69) is 22.8 Å². The van der Waals surface area contributed by atoms with Crippen LogP contribution < -0.4 is 15.4 Å². The smallest absolute Gasteiger partial charge is 0.191 e. The lowest BCUT2D eigenvalue weighted by Crippen LogP contribution is -2.39. The Balaban J connectivity index is 0.00000363. The van der Waals surface area contributed by atoms with E-state index in [1.807, 2.05) is 24.3 Å². The van der Waals surface area contributed by atoms with Gasteiger partial charge in [-0.3, -0.25) is 4.99 Å². The molecule has 0 saturated carbocycles. The molecule has 2 N–H and O–H groups in total. The van der Waals surface area contributed by atoms with Crippen LogP contribution in [0.25, 0.3) is 0 Å². The molecule has 1 atom stereocenters. The van der Waals surface area contributed by atoms with E-state index in [4.69, 9.17) is 23.6 Å². The lowest BCUT2D eigenvalue weighted by atomic mass is 10.1. The molecular formula is C24H36IN3O4. The molecule has 1 aromatic carbocycles. The van der Waals surface area contributed by atoms with E-state index in [0.29, 0.717) is 5.92 Å². The van der Waals surface area contributed by atoms with Crippen molar-refractivity contribution in [1.82, 2.24) is 10.6 Å². The first-order valence-electron chi connectivity index (χ1n) is 11.2. The van der Waals surface area contributed by atoms with E-state index >= 15 is 0 Å². The number of hydrogen-bond acceptors (Lipinski definition) is 5. The number of halogens is 1. The van der Waals surface area contributed by atoms with E-state index in [9.17, 15) is 0 Å². The lowest BCUT2D eigenvalue weighted by molar-refractivity contribution is 0.0893. The van der Waals surface area contributed by atoms with Gasteiger partial charge in [0.15, 0.2) is 5.96 Å². The fourth-order valence-electron chi connectivity index (χ4n) is 3.37. The van der Waals surface area contributed by atoms with Crippen LogP contribution in [0.2, 0.25) is 0 Å². The van der Waals surface area contributed by atoms with Gasteiger partial charge in [0.2, 0.25) is 0 Å². The van der Waals surface area contributed by atoms with E-state index in [0.717, 1.165) is 89.2 Å². The largest absolute Gasteiger partial charge is 0.497 e. The van der Waals surface area contributed by atoms with Crippen LogP contribution in [0.5, 0.6) is 5.75 Å². The minimum absolute atomic E-state index is 0. The third kappa shape index (κ3) is 10.2. The van der Waals surface area contributed by atoms with Gasteiger partial charge in [0.25, 0.3) is 0 Å². The van der Waals surface area contributed by atoms with Crippen molar-refractivity contribution in [3.8, 4) is 5.75 Å². The normalized spacial score (nSPS) is 15.9. The van der Waals surface area contributed by atoms with Crippen molar-refractivity contribution in [2.24, 2.45) is 10.9 Å². The van der Waals surface area contributed by atoms with E-state index < -0.39 is 0 Å². The van der Waals surface area contributed by atoms with Gasteiger partial charge in [0, 0.05) is 45.2 Å². The summed E-state index contributed by atoms with van der Waals surface area (Å²) in [6, 6.07) is 12.1. The molecule has 3 rings (SSSR count). The van der Waals surface area contributed by atoms with Crippen molar-refractivity contribution >= 4 is 29.9 Å². The zero-order valence-electron chi connectivity index (χ0n) is 18.9. The molecule has 8 heteroatoms. The van der Waals surface area contributed by atoms with Crippen molar-refractivity contribution in [3.05, 3.63) is 54.0 Å². The highest BCUT2D eigenvalue weighted by Gasteiger charge is 2.15. The molecule has 32 heavy (non-hydrogen) atoms. The highest BCUT2D eigenvalue weighted by Crippen LogP contribution is 2.12. The van der Waals surface area contributed by atoms with Crippen molar-refractivity contribution in [2.45, 2.75) is 25.7 Å². The molecule has 2 aromatic rings. The lowest BCUT2D eigenvalue weighted by Gasteiger charge is -2.13. The maximum absolute atomic E-state index is 5.77. The van der Waals surface area contributed by atoms with Crippen molar-refractivity contribution in [3.63, 3.8) is 0 Å². The third-order valence-corrected chi connectivity index (χ3v) is 5.20. The Labute approximate surface area is 208 Å².